The molecule has 2 amide bonds. The highest BCUT2D eigenvalue weighted by Gasteiger charge is 2.23. The average Bonchev–Trinajstić information content (AvgIpc) is 2.70. The Hall–Kier alpha value is -2.99. The lowest BCUT2D eigenvalue weighted by atomic mass is 10.1. The quantitative estimate of drug-likeness (QED) is 0.674. The second kappa shape index (κ2) is 7.56. The van der Waals surface area contributed by atoms with Crippen LogP contribution in [0.5, 0.6) is 0 Å². The van der Waals surface area contributed by atoms with E-state index in [2.05, 4.69) is 15.3 Å². The fourth-order valence-corrected chi connectivity index (χ4v) is 3.43. The Bertz CT molecular complexity index is 1040. The van der Waals surface area contributed by atoms with Gasteiger partial charge in [0.15, 0.2) is 5.82 Å². The number of aromatic nitrogens is 2. The smallest absolute Gasteiger partial charge is 0.320 e. The first kappa shape index (κ1) is 18.4. The summed E-state index contributed by atoms with van der Waals surface area (Å²) in [4.78, 5) is 23.3. The maximum Gasteiger partial charge on any atom is 0.322 e. The summed E-state index contributed by atoms with van der Waals surface area (Å²) in [5.74, 6) is 0.264. The Morgan fingerprint density at radius 1 is 1.21 bits per heavy atom. The van der Waals surface area contributed by atoms with Crippen molar-refractivity contribution in [3.63, 3.8) is 0 Å². The van der Waals surface area contributed by atoms with Crippen LogP contribution >= 0.6 is 11.6 Å². The summed E-state index contributed by atoms with van der Waals surface area (Å²) in [5, 5.41) is 3.37. The van der Waals surface area contributed by atoms with Crippen LogP contribution in [0.2, 0.25) is 5.02 Å². The van der Waals surface area contributed by atoms with Crippen molar-refractivity contribution in [2.75, 3.05) is 11.9 Å². The second-order valence-corrected chi connectivity index (χ2v) is 7.16. The number of carbonyl (C=O) groups excluding carboxylic acids is 1. The van der Waals surface area contributed by atoms with Crippen molar-refractivity contribution in [3.05, 3.63) is 76.3 Å². The molecule has 0 unspecified atom stereocenters. The molecule has 5 nitrogen and oxygen atoms in total. The van der Waals surface area contributed by atoms with Gasteiger partial charge in [-0.2, -0.15) is 0 Å². The molecule has 0 atom stereocenters. The number of halogens is 2. The van der Waals surface area contributed by atoms with Gasteiger partial charge < -0.3 is 10.2 Å². The van der Waals surface area contributed by atoms with Gasteiger partial charge in [0.2, 0.25) is 0 Å². The number of carbonyl (C=O) groups is 1. The minimum Gasteiger partial charge on any atom is -0.320 e. The first-order valence-electron chi connectivity index (χ1n) is 8.92. The molecule has 1 aromatic heterocycles. The van der Waals surface area contributed by atoms with Crippen LogP contribution in [0.15, 0.2) is 48.7 Å². The normalized spacial score (nSPS) is 13.2. The number of benzene rings is 2. The summed E-state index contributed by atoms with van der Waals surface area (Å²) in [5.41, 5.74) is 4.20. The zero-order chi connectivity index (χ0) is 19.7. The molecule has 1 aliphatic rings. The SMILES string of the molecule is Cc1ccc(NC(=O)N2CCc3nc(-c4ccc(F)cc4)ncc3C2)c(Cl)c1. The minimum atomic E-state index is -0.294. The molecular formula is C21H18ClFN4O. The predicted octanol–water partition coefficient (Wildman–Crippen LogP) is 4.83. The molecule has 4 rings (SSSR count). The number of nitrogens with one attached hydrogen (secondary N) is 1. The maximum absolute atomic E-state index is 13.1. The summed E-state index contributed by atoms with van der Waals surface area (Å²) in [7, 11) is 0. The van der Waals surface area contributed by atoms with Crippen molar-refractivity contribution in [3.8, 4) is 11.4 Å². The summed E-state index contributed by atoms with van der Waals surface area (Å²) >= 11 is 6.20. The van der Waals surface area contributed by atoms with Crippen molar-refractivity contribution in [2.24, 2.45) is 0 Å². The van der Waals surface area contributed by atoms with E-state index in [0.717, 1.165) is 22.4 Å². The largest absolute Gasteiger partial charge is 0.322 e. The van der Waals surface area contributed by atoms with Crippen molar-refractivity contribution >= 4 is 23.3 Å². The monoisotopic (exact) mass is 396 g/mol. The van der Waals surface area contributed by atoms with Crippen molar-refractivity contribution in [1.82, 2.24) is 14.9 Å². The Morgan fingerprint density at radius 2 is 2.00 bits per heavy atom. The minimum absolute atomic E-state index is 0.209. The summed E-state index contributed by atoms with van der Waals surface area (Å²) in [6.07, 6.45) is 2.36. The van der Waals surface area contributed by atoms with E-state index in [1.165, 1.54) is 12.1 Å². The molecule has 0 aliphatic carbocycles. The predicted molar refractivity (Wildman–Crippen MR) is 107 cm³/mol. The molecule has 2 aromatic carbocycles. The molecule has 0 saturated carbocycles. The lowest BCUT2D eigenvalue weighted by Gasteiger charge is -2.28. The average molecular weight is 397 g/mol. The molecule has 0 fully saturated rings. The van der Waals surface area contributed by atoms with Gasteiger partial charge in [0, 0.05) is 30.3 Å². The number of urea groups is 1. The third-order valence-corrected chi connectivity index (χ3v) is 5.00. The van der Waals surface area contributed by atoms with E-state index in [1.54, 1.807) is 29.3 Å². The van der Waals surface area contributed by atoms with E-state index in [0.29, 0.717) is 36.0 Å². The highest BCUT2D eigenvalue weighted by molar-refractivity contribution is 6.33. The molecule has 0 spiro atoms. The fourth-order valence-electron chi connectivity index (χ4n) is 3.14. The van der Waals surface area contributed by atoms with E-state index < -0.39 is 0 Å². The van der Waals surface area contributed by atoms with Gasteiger partial charge in [0.05, 0.1) is 22.9 Å². The lowest BCUT2D eigenvalue weighted by molar-refractivity contribution is 0.206. The summed E-state index contributed by atoms with van der Waals surface area (Å²) < 4.78 is 13.1. The lowest BCUT2D eigenvalue weighted by Crippen LogP contribution is -2.39. The van der Waals surface area contributed by atoms with E-state index in [4.69, 9.17) is 11.6 Å². The first-order valence-corrected chi connectivity index (χ1v) is 9.30. The second-order valence-electron chi connectivity index (χ2n) is 6.76. The van der Waals surface area contributed by atoms with E-state index in [-0.39, 0.29) is 11.8 Å². The Balaban J connectivity index is 1.48. The molecule has 142 valence electrons. The third-order valence-electron chi connectivity index (χ3n) is 4.69. The van der Waals surface area contributed by atoms with E-state index >= 15 is 0 Å². The van der Waals surface area contributed by atoms with Crippen LogP contribution < -0.4 is 5.32 Å². The van der Waals surface area contributed by atoms with Crippen molar-refractivity contribution in [1.29, 1.82) is 0 Å². The summed E-state index contributed by atoms with van der Waals surface area (Å²) in [6, 6.07) is 11.4. The topological polar surface area (TPSA) is 58.1 Å². The molecule has 0 bridgehead atoms. The number of hydrogen-bond acceptors (Lipinski definition) is 3. The Labute approximate surface area is 167 Å². The van der Waals surface area contributed by atoms with Crippen LogP contribution in [-0.2, 0) is 13.0 Å². The fraction of sp³-hybridized carbons (Fsp3) is 0.190. The molecule has 2 heterocycles. The standard InChI is InChI=1S/C21H18ClFN4O/c1-13-2-7-19(17(22)10-13)26-21(28)27-9-8-18-15(12-27)11-24-20(25-18)14-3-5-16(23)6-4-14/h2-7,10-11H,8-9,12H2,1H3,(H,26,28). The first-order chi connectivity index (χ1) is 13.5. The highest BCUT2D eigenvalue weighted by atomic mass is 35.5. The van der Waals surface area contributed by atoms with Gasteiger partial charge in [-0.3, -0.25) is 0 Å². The van der Waals surface area contributed by atoms with Gasteiger partial charge in [-0.05, 0) is 48.9 Å². The van der Waals surface area contributed by atoms with Gasteiger partial charge >= 0.3 is 6.03 Å². The zero-order valence-electron chi connectivity index (χ0n) is 15.2. The number of fused-ring (bicyclic) bond motifs is 1. The van der Waals surface area contributed by atoms with Crippen LogP contribution in [0, 0.1) is 12.7 Å². The van der Waals surface area contributed by atoms with Crippen LogP contribution in [0.25, 0.3) is 11.4 Å². The van der Waals surface area contributed by atoms with Crippen molar-refractivity contribution < 1.29 is 9.18 Å². The number of amides is 2. The number of nitrogens with zero attached hydrogens (tertiary/aromatic N) is 3. The van der Waals surface area contributed by atoms with Crippen LogP contribution in [0.1, 0.15) is 16.8 Å². The highest BCUT2D eigenvalue weighted by Crippen LogP contribution is 2.25. The molecule has 0 radical (unpaired) electrons. The van der Waals surface area contributed by atoms with Crippen LogP contribution in [-0.4, -0.2) is 27.4 Å². The molecule has 28 heavy (non-hydrogen) atoms. The number of aryl methyl sites for hydroxylation is 1. The number of rotatable bonds is 2. The van der Waals surface area contributed by atoms with Crippen molar-refractivity contribution in [2.45, 2.75) is 19.9 Å². The third kappa shape index (κ3) is 3.82. The Morgan fingerprint density at radius 3 is 2.75 bits per heavy atom. The van der Waals surface area contributed by atoms with Gasteiger partial charge in [0.25, 0.3) is 0 Å². The molecule has 7 heteroatoms. The zero-order valence-corrected chi connectivity index (χ0v) is 16.0. The molecular weight excluding hydrogens is 379 g/mol. The van der Waals surface area contributed by atoms with Crippen LogP contribution in [0.4, 0.5) is 14.9 Å². The Kier molecular flexibility index (Phi) is 4.96. The molecule has 1 N–H and O–H groups in total. The van der Waals surface area contributed by atoms with E-state index in [9.17, 15) is 9.18 Å². The van der Waals surface area contributed by atoms with Gasteiger partial charge in [-0.15, -0.1) is 0 Å². The molecule has 0 saturated heterocycles. The van der Waals surface area contributed by atoms with Crippen LogP contribution in [0.3, 0.4) is 0 Å². The van der Waals surface area contributed by atoms with Gasteiger partial charge in [-0.25, -0.2) is 19.2 Å². The molecule has 3 aromatic rings. The van der Waals surface area contributed by atoms with Gasteiger partial charge in [0.1, 0.15) is 5.82 Å². The van der Waals surface area contributed by atoms with Gasteiger partial charge in [-0.1, -0.05) is 17.7 Å². The maximum atomic E-state index is 13.1. The number of hydrogen-bond donors (Lipinski definition) is 1. The molecule has 1 aliphatic heterocycles. The summed E-state index contributed by atoms with van der Waals surface area (Å²) in [6.45, 7) is 2.91. The number of anilines is 1. The van der Waals surface area contributed by atoms with E-state index in [1.807, 2.05) is 19.1 Å².